The Kier molecular flexibility index (Phi) is 5.17. The minimum Gasteiger partial charge on any atom is -0.360 e. The number of aryl methyl sites for hydroxylation is 1. The third-order valence-electron chi connectivity index (χ3n) is 5.12. The first-order valence-electron chi connectivity index (χ1n) is 10.1. The maximum absolute atomic E-state index is 4.34. The van der Waals surface area contributed by atoms with Gasteiger partial charge in [-0.15, -0.1) is 10.2 Å². The highest BCUT2D eigenvalue weighted by Crippen LogP contribution is 2.29. The number of aromatic amines is 2. The van der Waals surface area contributed by atoms with Gasteiger partial charge in [0, 0.05) is 40.9 Å². The summed E-state index contributed by atoms with van der Waals surface area (Å²) in [6, 6.07) is 16.7. The highest BCUT2D eigenvalue weighted by molar-refractivity contribution is 7.18. The molecule has 0 aliphatic carbocycles. The van der Waals surface area contributed by atoms with E-state index in [4.69, 9.17) is 0 Å². The highest BCUT2D eigenvalue weighted by Gasteiger charge is 2.09. The molecule has 0 radical (unpaired) electrons. The molecule has 8 heteroatoms. The van der Waals surface area contributed by atoms with Crippen LogP contribution < -0.4 is 10.6 Å². The Morgan fingerprint density at radius 3 is 2.90 bits per heavy atom. The second-order valence-corrected chi connectivity index (χ2v) is 8.31. The van der Waals surface area contributed by atoms with E-state index in [1.807, 2.05) is 19.1 Å². The van der Waals surface area contributed by atoms with Crippen LogP contribution in [0, 0.1) is 6.92 Å². The van der Waals surface area contributed by atoms with Crippen LogP contribution in [0.1, 0.15) is 17.8 Å². The number of fused-ring (bicyclic) bond motifs is 2. The zero-order valence-electron chi connectivity index (χ0n) is 16.7. The zero-order chi connectivity index (χ0) is 20.3. The molecule has 0 spiro atoms. The zero-order valence-corrected chi connectivity index (χ0v) is 17.5. The van der Waals surface area contributed by atoms with Crippen LogP contribution in [0.4, 0.5) is 5.13 Å². The molecule has 5 aromatic rings. The highest BCUT2D eigenvalue weighted by atomic mass is 32.1. The average molecular weight is 418 g/mol. The number of para-hydroxylation sites is 1. The van der Waals surface area contributed by atoms with Crippen molar-refractivity contribution in [2.45, 2.75) is 19.9 Å². The van der Waals surface area contributed by atoms with Crippen molar-refractivity contribution in [3.8, 4) is 10.6 Å². The Morgan fingerprint density at radius 2 is 1.97 bits per heavy atom. The Balaban J connectivity index is 1.09. The molecule has 5 rings (SSSR count). The molecule has 0 aliphatic rings. The molecular formula is C22H23N7S. The minimum atomic E-state index is 0.841. The van der Waals surface area contributed by atoms with E-state index in [2.05, 4.69) is 72.4 Å². The second-order valence-electron chi connectivity index (χ2n) is 7.33. The molecule has 4 N–H and O–H groups in total. The number of H-pyrrole nitrogens is 2. The standard InChI is InChI=1S/C22H23N7S/c1-14-18-12-16(7-8-20(18)27-26-14)21-28-29-22(30-21)24-10-4-9-23-13-17-11-15-5-2-3-6-19(15)25-17/h2-3,5-8,11-12,23,25H,4,9-10,13H2,1H3,(H,24,29)(H,26,27). The van der Waals surface area contributed by atoms with Crippen molar-refractivity contribution in [2.24, 2.45) is 0 Å². The van der Waals surface area contributed by atoms with Crippen LogP contribution >= 0.6 is 11.3 Å². The van der Waals surface area contributed by atoms with Crippen LogP contribution in [-0.4, -0.2) is 38.5 Å². The summed E-state index contributed by atoms with van der Waals surface area (Å²) in [5, 5.41) is 26.9. The molecule has 3 aromatic heterocycles. The molecule has 2 aromatic carbocycles. The van der Waals surface area contributed by atoms with Gasteiger partial charge in [-0.2, -0.15) is 5.10 Å². The molecule has 3 heterocycles. The van der Waals surface area contributed by atoms with Gasteiger partial charge in [0.15, 0.2) is 0 Å². The third-order valence-corrected chi connectivity index (χ3v) is 6.05. The molecule has 152 valence electrons. The lowest BCUT2D eigenvalue weighted by atomic mass is 10.1. The van der Waals surface area contributed by atoms with E-state index < -0.39 is 0 Å². The second kappa shape index (κ2) is 8.25. The van der Waals surface area contributed by atoms with Gasteiger partial charge in [-0.05, 0) is 55.6 Å². The van der Waals surface area contributed by atoms with Crippen molar-refractivity contribution in [3.63, 3.8) is 0 Å². The molecule has 30 heavy (non-hydrogen) atoms. The number of hydrogen-bond acceptors (Lipinski definition) is 6. The van der Waals surface area contributed by atoms with Gasteiger partial charge in [0.05, 0.1) is 5.52 Å². The van der Waals surface area contributed by atoms with E-state index >= 15 is 0 Å². The van der Waals surface area contributed by atoms with E-state index in [0.29, 0.717) is 0 Å². The number of nitrogens with one attached hydrogen (secondary N) is 4. The van der Waals surface area contributed by atoms with Crippen molar-refractivity contribution in [1.29, 1.82) is 0 Å². The quantitative estimate of drug-likeness (QED) is 0.280. The molecule has 0 aliphatic heterocycles. The van der Waals surface area contributed by atoms with Gasteiger partial charge >= 0.3 is 0 Å². The van der Waals surface area contributed by atoms with Crippen LogP contribution in [0.5, 0.6) is 0 Å². The van der Waals surface area contributed by atoms with Gasteiger partial charge < -0.3 is 15.6 Å². The predicted molar refractivity (Wildman–Crippen MR) is 123 cm³/mol. The van der Waals surface area contributed by atoms with E-state index in [0.717, 1.165) is 58.4 Å². The number of hydrogen-bond donors (Lipinski definition) is 4. The summed E-state index contributed by atoms with van der Waals surface area (Å²) in [6.07, 6.45) is 1.01. The largest absolute Gasteiger partial charge is 0.360 e. The summed E-state index contributed by atoms with van der Waals surface area (Å²) in [5.74, 6) is 0. The van der Waals surface area contributed by atoms with E-state index in [1.54, 1.807) is 11.3 Å². The Bertz CT molecular complexity index is 1250. The van der Waals surface area contributed by atoms with Crippen molar-refractivity contribution in [1.82, 2.24) is 30.7 Å². The minimum absolute atomic E-state index is 0.841. The normalized spacial score (nSPS) is 11.5. The topological polar surface area (TPSA) is 94.3 Å². The molecule has 0 unspecified atom stereocenters. The fourth-order valence-corrected chi connectivity index (χ4v) is 4.31. The Morgan fingerprint density at radius 1 is 1.03 bits per heavy atom. The molecule has 0 atom stereocenters. The fraction of sp³-hybridized carbons (Fsp3) is 0.227. The SMILES string of the molecule is Cc1[nH]nc2ccc(-c3nnc(NCCCNCc4cc5ccccc5[nH]4)s3)cc12. The molecule has 0 saturated carbocycles. The number of nitrogens with zero attached hydrogens (tertiary/aromatic N) is 3. The summed E-state index contributed by atoms with van der Waals surface area (Å²) < 4.78 is 0. The smallest absolute Gasteiger partial charge is 0.206 e. The summed E-state index contributed by atoms with van der Waals surface area (Å²) in [4.78, 5) is 3.44. The molecule has 0 fully saturated rings. The molecule has 0 amide bonds. The summed E-state index contributed by atoms with van der Waals surface area (Å²) >= 11 is 1.58. The van der Waals surface area contributed by atoms with Crippen molar-refractivity contribution in [3.05, 3.63) is 59.9 Å². The van der Waals surface area contributed by atoms with Crippen LogP contribution in [0.25, 0.3) is 32.4 Å². The summed E-state index contributed by atoms with van der Waals surface area (Å²) in [5.41, 5.74) is 5.50. The third kappa shape index (κ3) is 3.92. The van der Waals surface area contributed by atoms with Crippen LogP contribution in [0.15, 0.2) is 48.5 Å². The number of aromatic nitrogens is 5. The van der Waals surface area contributed by atoms with Crippen LogP contribution in [0.3, 0.4) is 0 Å². The predicted octanol–water partition coefficient (Wildman–Crippen LogP) is 4.46. The lowest BCUT2D eigenvalue weighted by Gasteiger charge is -2.04. The van der Waals surface area contributed by atoms with Crippen LogP contribution in [-0.2, 0) is 6.54 Å². The molecule has 0 saturated heterocycles. The monoisotopic (exact) mass is 417 g/mol. The summed E-state index contributed by atoms with van der Waals surface area (Å²) in [7, 11) is 0. The number of rotatable bonds is 8. The van der Waals surface area contributed by atoms with Crippen molar-refractivity contribution in [2.75, 3.05) is 18.4 Å². The van der Waals surface area contributed by atoms with Gasteiger partial charge in [-0.1, -0.05) is 29.5 Å². The van der Waals surface area contributed by atoms with E-state index in [1.165, 1.54) is 16.6 Å². The first-order valence-corrected chi connectivity index (χ1v) is 10.9. The molecular weight excluding hydrogens is 394 g/mol. The van der Waals surface area contributed by atoms with Gasteiger partial charge in [-0.3, -0.25) is 5.10 Å². The van der Waals surface area contributed by atoms with Gasteiger partial charge in [0.1, 0.15) is 5.01 Å². The number of anilines is 1. The van der Waals surface area contributed by atoms with Gasteiger partial charge in [-0.25, -0.2) is 0 Å². The van der Waals surface area contributed by atoms with E-state index in [-0.39, 0.29) is 0 Å². The van der Waals surface area contributed by atoms with Crippen molar-refractivity contribution >= 4 is 38.3 Å². The van der Waals surface area contributed by atoms with Gasteiger partial charge in [0.25, 0.3) is 0 Å². The number of benzene rings is 2. The molecule has 0 bridgehead atoms. The Hall–Kier alpha value is -3.23. The van der Waals surface area contributed by atoms with E-state index in [9.17, 15) is 0 Å². The summed E-state index contributed by atoms with van der Waals surface area (Å²) in [6.45, 7) is 4.66. The Labute approximate surface area is 177 Å². The average Bonchev–Trinajstić information content (AvgIpc) is 3.49. The fourth-order valence-electron chi connectivity index (χ4n) is 3.54. The first-order chi connectivity index (χ1) is 14.8. The lowest BCUT2D eigenvalue weighted by molar-refractivity contribution is 0.656. The maximum Gasteiger partial charge on any atom is 0.206 e. The maximum atomic E-state index is 4.34. The molecule has 7 nitrogen and oxygen atoms in total. The first kappa shape index (κ1) is 18.8. The lowest BCUT2D eigenvalue weighted by Crippen LogP contribution is -2.17. The van der Waals surface area contributed by atoms with Crippen LogP contribution in [0.2, 0.25) is 0 Å². The van der Waals surface area contributed by atoms with Crippen molar-refractivity contribution < 1.29 is 0 Å². The van der Waals surface area contributed by atoms with Gasteiger partial charge in [0.2, 0.25) is 5.13 Å².